The van der Waals surface area contributed by atoms with Crippen molar-refractivity contribution in [3.05, 3.63) is 56.9 Å². The highest BCUT2D eigenvalue weighted by Gasteiger charge is 2.24. The molecule has 0 fully saturated rings. The predicted octanol–water partition coefficient (Wildman–Crippen LogP) is 2.63. The topological polar surface area (TPSA) is 106 Å². The van der Waals surface area contributed by atoms with Gasteiger partial charge in [-0.1, -0.05) is 38.5 Å². The van der Waals surface area contributed by atoms with E-state index in [9.17, 15) is 14.4 Å². The number of rotatable bonds is 8. The van der Waals surface area contributed by atoms with Gasteiger partial charge in [0.25, 0.3) is 5.56 Å². The number of H-pyrrole nitrogens is 1. The van der Waals surface area contributed by atoms with Crippen LogP contribution in [-0.4, -0.2) is 26.6 Å². The normalized spacial score (nSPS) is 11.2. The number of aromatic nitrogens is 3. The fourth-order valence-electron chi connectivity index (χ4n) is 3.74. The molecule has 0 spiro atoms. The van der Waals surface area contributed by atoms with Crippen molar-refractivity contribution >= 4 is 28.3 Å². The third-order valence-corrected chi connectivity index (χ3v) is 5.28. The lowest BCUT2D eigenvalue weighted by atomic mass is 10.2. The smallest absolute Gasteiger partial charge is 0.330 e. The largest absolute Gasteiger partial charge is 0.383 e. The lowest BCUT2D eigenvalue weighted by Gasteiger charge is -2.25. The number of nitrogens with one attached hydrogen (secondary N) is 1. The first-order chi connectivity index (χ1) is 14.4. The molecule has 3 N–H and O–H groups in total. The fraction of sp³-hybridized carbons (Fsp3) is 0.409. The minimum atomic E-state index is -0.638. The summed E-state index contributed by atoms with van der Waals surface area (Å²) in [5.74, 6) is -0.215. The molecule has 8 nitrogen and oxygen atoms in total. The van der Waals surface area contributed by atoms with E-state index in [1.807, 2.05) is 55.7 Å². The van der Waals surface area contributed by atoms with Gasteiger partial charge in [0, 0.05) is 24.3 Å². The average molecular weight is 412 g/mol. The molecule has 0 unspecified atom stereocenters. The summed E-state index contributed by atoms with van der Waals surface area (Å²) in [7, 11) is 0. The molecular weight excluding hydrogens is 382 g/mol. The van der Waals surface area contributed by atoms with Gasteiger partial charge in [-0.05, 0) is 37.3 Å². The van der Waals surface area contributed by atoms with Gasteiger partial charge in [-0.3, -0.25) is 19.1 Å². The number of amides is 1. The molecule has 0 aliphatic rings. The van der Waals surface area contributed by atoms with Crippen LogP contribution in [0, 0.1) is 6.92 Å². The number of carbonyl (C=O) groups excluding carboxylic acids is 1. The Kier molecular flexibility index (Phi) is 6.44. The van der Waals surface area contributed by atoms with Crippen molar-refractivity contribution in [1.29, 1.82) is 0 Å². The van der Waals surface area contributed by atoms with Crippen molar-refractivity contribution in [1.82, 2.24) is 14.1 Å². The van der Waals surface area contributed by atoms with Gasteiger partial charge < -0.3 is 15.2 Å². The van der Waals surface area contributed by atoms with E-state index in [4.69, 9.17) is 5.73 Å². The average Bonchev–Trinajstić information content (AvgIpc) is 3.02. The van der Waals surface area contributed by atoms with E-state index in [1.54, 1.807) is 0 Å². The van der Waals surface area contributed by atoms with Crippen molar-refractivity contribution in [3.63, 3.8) is 0 Å². The molecule has 0 saturated heterocycles. The van der Waals surface area contributed by atoms with Crippen LogP contribution in [0.1, 0.15) is 38.8 Å². The highest BCUT2D eigenvalue weighted by Crippen LogP contribution is 2.22. The zero-order valence-corrected chi connectivity index (χ0v) is 17.8. The zero-order valence-electron chi connectivity index (χ0n) is 17.8. The molecule has 2 aromatic heterocycles. The third-order valence-electron chi connectivity index (χ3n) is 5.28. The summed E-state index contributed by atoms with van der Waals surface area (Å²) in [6, 6.07) is 9.88. The lowest BCUT2D eigenvalue weighted by molar-refractivity contribution is -0.119. The van der Waals surface area contributed by atoms with Crippen LogP contribution < -0.4 is 21.9 Å². The molecule has 8 heteroatoms. The monoisotopic (exact) mass is 411 g/mol. The first-order valence-electron chi connectivity index (χ1n) is 10.4. The van der Waals surface area contributed by atoms with Gasteiger partial charge in [-0.25, -0.2) is 4.79 Å². The number of nitrogens with zero attached hydrogens (tertiary/aromatic N) is 3. The van der Waals surface area contributed by atoms with Crippen molar-refractivity contribution in [3.8, 4) is 0 Å². The molecular formula is C22H29N5O3. The van der Waals surface area contributed by atoms with Crippen LogP contribution in [0.2, 0.25) is 0 Å². The second-order valence-corrected chi connectivity index (χ2v) is 7.47. The maximum Gasteiger partial charge on any atom is 0.330 e. The number of benzene rings is 1. The maximum atomic E-state index is 13.3. The summed E-state index contributed by atoms with van der Waals surface area (Å²) in [4.78, 5) is 41.9. The lowest BCUT2D eigenvalue weighted by Crippen LogP contribution is -2.42. The van der Waals surface area contributed by atoms with Gasteiger partial charge in [0.05, 0.1) is 0 Å². The van der Waals surface area contributed by atoms with Gasteiger partial charge in [0.2, 0.25) is 5.91 Å². The van der Waals surface area contributed by atoms with E-state index in [-0.39, 0.29) is 24.0 Å². The van der Waals surface area contributed by atoms with Gasteiger partial charge in [-0.2, -0.15) is 0 Å². The Balaban J connectivity index is 2.03. The van der Waals surface area contributed by atoms with Crippen molar-refractivity contribution in [2.24, 2.45) is 0 Å². The Hall–Kier alpha value is -3.29. The number of unbranched alkanes of at least 4 members (excludes halogenated alkanes) is 1. The minimum absolute atomic E-state index is 0.0353. The summed E-state index contributed by atoms with van der Waals surface area (Å²) in [5.41, 5.74) is 7.00. The van der Waals surface area contributed by atoms with E-state index in [0.29, 0.717) is 19.5 Å². The molecule has 0 aliphatic carbocycles. The van der Waals surface area contributed by atoms with Gasteiger partial charge in [-0.15, -0.1) is 0 Å². The maximum absolute atomic E-state index is 13.3. The van der Waals surface area contributed by atoms with E-state index < -0.39 is 11.2 Å². The molecule has 0 bridgehead atoms. The summed E-state index contributed by atoms with van der Waals surface area (Å²) in [6.45, 7) is 6.67. The third kappa shape index (κ3) is 4.03. The van der Waals surface area contributed by atoms with Gasteiger partial charge in [0.15, 0.2) is 5.69 Å². The van der Waals surface area contributed by atoms with E-state index >= 15 is 0 Å². The quantitative estimate of drug-likeness (QED) is 0.594. The molecule has 2 heterocycles. The first kappa shape index (κ1) is 21.4. The Morgan fingerprint density at radius 2 is 1.87 bits per heavy atom. The molecule has 0 saturated carbocycles. The molecule has 30 heavy (non-hydrogen) atoms. The molecule has 0 aliphatic heterocycles. The second kappa shape index (κ2) is 9.02. The van der Waals surface area contributed by atoms with E-state index in [1.165, 1.54) is 9.47 Å². The van der Waals surface area contributed by atoms with Crippen LogP contribution in [0.25, 0.3) is 10.9 Å². The number of carbonyl (C=O) groups is 1. The standard InChI is InChI=1S/C22H29N5O3/c1-4-6-12-26-20(23)19(21(29)24-22(26)30)25(11-5-2)18(28)14-27-15(3)13-16-9-7-8-10-17(16)27/h7-10,13H,4-6,11-12,14,23H2,1-3H3,(H,24,29,30). The number of aromatic amines is 1. The van der Waals surface area contributed by atoms with Crippen LogP contribution >= 0.6 is 0 Å². The molecule has 3 rings (SSSR count). The van der Waals surface area contributed by atoms with E-state index in [0.717, 1.165) is 29.4 Å². The molecule has 160 valence electrons. The van der Waals surface area contributed by atoms with Crippen molar-refractivity contribution in [2.45, 2.75) is 53.1 Å². The Morgan fingerprint density at radius 1 is 1.13 bits per heavy atom. The van der Waals surface area contributed by atoms with Crippen LogP contribution in [-0.2, 0) is 17.9 Å². The molecule has 0 atom stereocenters. The van der Waals surface area contributed by atoms with Crippen LogP contribution in [0.5, 0.6) is 0 Å². The number of para-hydroxylation sites is 1. The second-order valence-electron chi connectivity index (χ2n) is 7.47. The highest BCUT2D eigenvalue weighted by atomic mass is 16.2. The van der Waals surface area contributed by atoms with Crippen LogP contribution in [0.15, 0.2) is 39.9 Å². The minimum Gasteiger partial charge on any atom is -0.383 e. The van der Waals surface area contributed by atoms with Crippen molar-refractivity contribution < 1.29 is 4.79 Å². The van der Waals surface area contributed by atoms with E-state index in [2.05, 4.69) is 4.98 Å². The number of nitrogen functional groups attached to an aromatic ring is 1. The number of anilines is 2. The number of hydrogen-bond acceptors (Lipinski definition) is 4. The zero-order chi connectivity index (χ0) is 21.8. The van der Waals surface area contributed by atoms with Crippen LogP contribution in [0.4, 0.5) is 11.5 Å². The molecule has 0 radical (unpaired) electrons. The van der Waals surface area contributed by atoms with Crippen molar-refractivity contribution in [2.75, 3.05) is 17.2 Å². The predicted molar refractivity (Wildman–Crippen MR) is 120 cm³/mol. The summed E-state index contributed by atoms with van der Waals surface area (Å²) in [6.07, 6.45) is 2.26. The Labute approximate surface area is 174 Å². The summed E-state index contributed by atoms with van der Waals surface area (Å²) < 4.78 is 3.27. The fourth-order valence-corrected chi connectivity index (χ4v) is 3.74. The van der Waals surface area contributed by atoms with Crippen LogP contribution in [0.3, 0.4) is 0 Å². The number of fused-ring (bicyclic) bond motifs is 1. The molecule has 1 aromatic carbocycles. The summed E-state index contributed by atoms with van der Waals surface area (Å²) in [5, 5.41) is 1.05. The summed E-state index contributed by atoms with van der Waals surface area (Å²) >= 11 is 0. The first-order valence-corrected chi connectivity index (χ1v) is 10.4. The molecule has 1 amide bonds. The van der Waals surface area contributed by atoms with Gasteiger partial charge >= 0.3 is 5.69 Å². The number of hydrogen-bond donors (Lipinski definition) is 2. The number of nitrogens with two attached hydrogens (primary N) is 1. The SMILES string of the molecule is CCCCn1c(N)c(N(CCC)C(=O)Cn2c(C)cc3ccccc32)c(=O)[nH]c1=O. The number of aryl methyl sites for hydroxylation is 1. The van der Waals surface area contributed by atoms with Gasteiger partial charge in [0.1, 0.15) is 12.4 Å². The molecule has 3 aromatic rings. The Morgan fingerprint density at radius 3 is 2.57 bits per heavy atom. The highest BCUT2D eigenvalue weighted by molar-refractivity contribution is 5.96. The Bertz CT molecular complexity index is 1170.